The second kappa shape index (κ2) is 7.83. The molecule has 5 nitrogen and oxygen atoms in total. The molecule has 0 amide bonds. The lowest BCUT2D eigenvalue weighted by molar-refractivity contribution is 0.465. The fraction of sp³-hybridized carbons (Fsp3) is 0.389. The van der Waals surface area contributed by atoms with E-state index in [1.165, 1.54) is 29.2 Å². The first-order chi connectivity index (χ1) is 11.3. The van der Waals surface area contributed by atoms with Gasteiger partial charge >= 0.3 is 0 Å². The average molecular weight is 309 g/mol. The number of nitrogens with one attached hydrogen (secondary N) is 1. The van der Waals surface area contributed by atoms with Gasteiger partial charge in [0, 0.05) is 36.9 Å². The van der Waals surface area contributed by atoms with Crippen LogP contribution < -0.4 is 5.32 Å². The molecule has 0 bridgehead atoms. The van der Waals surface area contributed by atoms with E-state index in [2.05, 4.69) is 51.6 Å². The number of nitrogens with zero attached hydrogens (tertiary/aromatic N) is 4. The molecule has 5 heteroatoms. The summed E-state index contributed by atoms with van der Waals surface area (Å²) >= 11 is 0. The van der Waals surface area contributed by atoms with Crippen LogP contribution >= 0.6 is 0 Å². The molecule has 1 N–H and O–H groups in total. The molecule has 0 aliphatic heterocycles. The van der Waals surface area contributed by atoms with Crippen molar-refractivity contribution in [3.05, 3.63) is 54.9 Å². The molecular weight excluding hydrogens is 286 g/mol. The maximum absolute atomic E-state index is 4.15. The third-order valence-corrected chi connectivity index (χ3v) is 4.10. The number of rotatable bonds is 8. The molecule has 2 heterocycles. The molecule has 23 heavy (non-hydrogen) atoms. The van der Waals surface area contributed by atoms with E-state index >= 15 is 0 Å². The molecule has 120 valence electrons. The Morgan fingerprint density at radius 3 is 2.96 bits per heavy atom. The van der Waals surface area contributed by atoms with Crippen LogP contribution in [0.5, 0.6) is 0 Å². The highest BCUT2D eigenvalue weighted by molar-refractivity contribution is 5.81. The van der Waals surface area contributed by atoms with E-state index < -0.39 is 0 Å². The topological polar surface area (TPSA) is 55.6 Å². The van der Waals surface area contributed by atoms with Crippen molar-refractivity contribution < 1.29 is 0 Å². The van der Waals surface area contributed by atoms with Crippen LogP contribution in [0.4, 0.5) is 0 Å². The molecule has 3 aromatic rings. The van der Waals surface area contributed by atoms with Gasteiger partial charge in [-0.3, -0.25) is 9.67 Å². The number of hydrogen-bond acceptors (Lipinski definition) is 4. The summed E-state index contributed by atoms with van der Waals surface area (Å²) in [6.45, 7) is 4.11. The molecule has 0 saturated carbocycles. The highest BCUT2D eigenvalue weighted by Gasteiger charge is 2.03. The Bertz CT molecular complexity index is 723. The van der Waals surface area contributed by atoms with Crippen molar-refractivity contribution in [3.8, 4) is 0 Å². The Morgan fingerprint density at radius 2 is 2.09 bits per heavy atom. The minimum Gasteiger partial charge on any atom is -0.310 e. The van der Waals surface area contributed by atoms with Crippen LogP contribution in [0.25, 0.3) is 10.8 Å². The van der Waals surface area contributed by atoms with E-state index in [-0.39, 0.29) is 0 Å². The zero-order valence-corrected chi connectivity index (χ0v) is 13.5. The Kier molecular flexibility index (Phi) is 5.32. The number of aryl methyl sites for hydroxylation is 1. The van der Waals surface area contributed by atoms with Crippen molar-refractivity contribution in [2.75, 3.05) is 0 Å². The number of aromatic nitrogens is 4. The van der Waals surface area contributed by atoms with Crippen molar-refractivity contribution >= 4 is 10.8 Å². The number of benzene rings is 1. The number of unbranched alkanes of at least 4 members (excludes halogenated alkanes) is 1. The summed E-state index contributed by atoms with van der Waals surface area (Å²) in [5, 5.41) is 10.2. The molecule has 1 atom stereocenters. The minimum absolute atomic E-state index is 0.513. The van der Waals surface area contributed by atoms with E-state index in [0.29, 0.717) is 6.04 Å². The number of fused-ring (bicyclic) bond motifs is 1. The maximum atomic E-state index is 4.15. The van der Waals surface area contributed by atoms with E-state index in [1.807, 2.05) is 17.1 Å². The fourth-order valence-corrected chi connectivity index (χ4v) is 2.71. The lowest BCUT2D eigenvalue weighted by Gasteiger charge is -2.14. The van der Waals surface area contributed by atoms with Crippen molar-refractivity contribution in [2.24, 2.45) is 0 Å². The van der Waals surface area contributed by atoms with Crippen LogP contribution in [0.15, 0.2) is 49.3 Å². The van der Waals surface area contributed by atoms with Gasteiger partial charge in [-0.15, -0.1) is 0 Å². The lowest BCUT2D eigenvalue weighted by Crippen LogP contribution is -2.25. The van der Waals surface area contributed by atoms with Crippen molar-refractivity contribution in [1.82, 2.24) is 25.1 Å². The first-order valence-corrected chi connectivity index (χ1v) is 8.20. The summed E-state index contributed by atoms with van der Waals surface area (Å²) < 4.78 is 1.89. The van der Waals surface area contributed by atoms with Gasteiger partial charge in [-0.05, 0) is 42.8 Å². The average Bonchev–Trinajstić information content (AvgIpc) is 3.10. The molecule has 0 aliphatic carbocycles. The van der Waals surface area contributed by atoms with Gasteiger partial charge < -0.3 is 5.32 Å². The van der Waals surface area contributed by atoms with Gasteiger partial charge in [-0.2, -0.15) is 5.10 Å². The summed E-state index contributed by atoms with van der Waals surface area (Å²) in [6.07, 6.45) is 10.6. The molecule has 0 radical (unpaired) electrons. The Hall–Kier alpha value is -2.27. The second-order valence-electron chi connectivity index (χ2n) is 5.99. The number of pyridine rings is 1. The SMILES string of the molecule is C[C@H](CCCCn1cncn1)NCc1ccc2cnccc2c1. The zero-order chi connectivity index (χ0) is 15.9. The third-order valence-electron chi connectivity index (χ3n) is 4.10. The molecular formula is C18H23N5. The normalized spacial score (nSPS) is 12.6. The van der Waals surface area contributed by atoms with Gasteiger partial charge in [0.05, 0.1) is 0 Å². The molecule has 0 fully saturated rings. The lowest BCUT2D eigenvalue weighted by atomic mass is 10.1. The van der Waals surface area contributed by atoms with Gasteiger partial charge in [-0.1, -0.05) is 18.6 Å². The quantitative estimate of drug-likeness (QED) is 0.649. The van der Waals surface area contributed by atoms with Crippen LogP contribution in [0.3, 0.4) is 0 Å². The van der Waals surface area contributed by atoms with Gasteiger partial charge in [0.2, 0.25) is 0 Å². The van der Waals surface area contributed by atoms with Crippen molar-refractivity contribution in [3.63, 3.8) is 0 Å². The van der Waals surface area contributed by atoms with Crippen LogP contribution in [0.1, 0.15) is 31.7 Å². The Labute approximate surface area is 136 Å². The van der Waals surface area contributed by atoms with Crippen LogP contribution in [0, 0.1) is 0 Å². The number of hydrogen-bond donors (Lipinski definition) is 1. The summed E-state index contributed by atoms with van der Waals surface area (Å²) in [5.41, 5.74) is 1.32. The zero-order valence-electron chi connectivity index (χ0n) is 13.5. The Balaban J connectivity index is 1.40. The van der Waals surface area contributed by atoms with Crippen LogP contribution in [-0.2, 0) is 13.1 Å². The van der Waals surface area contributed by atoms with E-state index in [9.17, 15) is 0 Å². The van der Waals surface area contributed by atoms with E-state index in [0.717, 1.165) is 19.5 Å². The summed E-state index contributed by atoms with van der Waals surface area (Å²) in [7, 11) is 0. The van der Waals surface area contributed by atoms with Gasteiger partial charge in [0.15, 0.2) is 0 Å². The molecule has 2 aromatic heterocycles. The maximum Gasteiger partial charge on any atom is 0.137 e. The molecule has 0 spiro atoms. The Morgan fingerprint density at radius 1 is 1.13 bits per heavy atom. The van der Waals surface area contributed by atoms with Gasteiger partial charge in [-0.25, -0.2) is 4.98 Å². The highest BCUT2D eigenvalue weighted by atomic mass is 15.3. The van der Waals surface area contributed by atoms with Gasteiger partial charge in [0.25, 0.3) is 0 Å². The molecule has 0 aliphatic rings. The van der Waals surface area contributed by atoms with Crippen molar-refractivity contribution in [2.45, 2.75) is 45.3 Å². The second-order valence-corrected chi connectivity index (χ2v) is 5.99. The first-order valence-electron chi connectivity index (χ1n) is 8.20. The van der Waals surface area contributed by atoms with Crippen LogP contribution in [0.2, 0.25) is 0 Å². The molecule has 1 aromatic carbocycles. The minimum atomic E-state index is 0.513. The molecule has 0 saturated heterocycles. The fourth-order valence-electron chi connectivity index (χ4n) is 2.71. The summed E-state index contributed by atoms with van der Waals surface area (Å²) in [6, 6.07) is 9.13. The van der Waals surface area contributed by atoms with E-state index in [1.54, 1.807) is 12.7 Å². The smallest absolute Gasteiger partial charge is 0.137 e. The summed E-state index contributed by atoms with van der Waals surface area (Å²) in [5.74, 6) is 0. The highest BCUT2D eigenvalue weighted by Crippen LogP contribution is 2.14. The monoisotopic (exact) mass is 309 g/mol. The predicted octanol–water partition coefficient (Wildman–Crippen LogP) is 3.17. The molecule has 0 unspecified atom stereocenters. The largest absolute Gasteiger partial charge is 0.310 e. The predicted molar refractivity (Wildman–Crippen MR) is 91.9 cm³/mol. The van der Waals surface area contributed by atoms with Crippen molar-refractivity contribution in [1.29, 1.82) is 0 Å². The summed E-state index contributed by atoms with van der Waals surface area (Å²) in [4.78, 5) is 8.11. The standard InChI is InChI=1S/C18H23N5/c1-15(4-2-3-9-23-14-20-13-22-23)21-11-16-5-6-18-12-19-8-7-17(18)10-16/h5-8,10,12-15,21H,2-4,9,11H2,1H3/t15-/m1/s1. The van der Waals surface area contributed by atoms with E-state index in [4.69, 9.17) is 0 Å². The third kappa shape index (κ3) is 4.60. The first kappa shape index (κ1) is 15.6. The van der Waals surface area contributed by atoms with Gasteiger partial charge in [0.1, 0.15) is 12.7 Å². The molecule has 3 rings (SSSR count). The van der Waals surface area contributed by atoms with Crippen LogP contribution in [-0.4, -0.2) is 25.8 Å².